The van der Waals surface area contributed by atoms with E-state index in [1.54, 1.807) is 0 Å². The number of piperidine rings is 1. The van der Waals surface area contributed by atoms with E-state index in [0.29, 0.717) is 5.65 Å². The molecule has 4 heterocycles. The van der Waals surface area contributed by atoms with Crippen molar-refractivity contribution in [2.75, 3.05) is 35.2 Å². The van der Waals surface area contributed by atoms with Crippen LogP contribution in [-0.2, 0) is 4.79 Å². The van der Waals surface area contributed by atoms with Gasteiger partial charge in [-0.3, -0.25) is 4.79 Å². The summed E-state index contributed by atoms with van der Waals surface area (Å²) < 4.78 is 1.44. The molecule has 27 heavy (non-hydrogen) atoms. The second kappa shape index (κ2) is 6.80. The topological polar surface area (TPSA) is 79.5 Å². The number of hydrogen-bond acceptors (Lipinski definition) is 7. The molecule has 1 fully saturated rings. The average Bonchev–Trinajstić information content (AvgIpc) is 3.21. The van der Waals surface area contributed by atoms with E-state index in [9.17, 15) is 4.79 Å². The lowest BCUT2D eigenvalue weighted by molar-refractivity contribution is -0.122. The van der Waals surface area contributed by atoms with E-state index in [2.05, 4.69) is 37.7 Å². The molecule has 0 spiro atoms. The van der Waals surface area contributed by atoms with Crippen LogP contribution in [0, 0.1) is 5.92 Å². The molecule has 0 saturated carbocycles. The highest BCUT2D eigenvalue weighted by Gasteiger charge is 2.32. The summed E-state index contributed by atoms with van der Waals surface area (Å²) in [5.41, 5.74) is 1.69. The molecule has 8 nitrogen and oxygen atoms in total. The van der Waals surface area contributed by atoms with Crippen LogP contribution in [-0.4, -0.2) is 56.5 Å². The molecule has 0 bridgehead atoms. The first-order chi connectivity index (χ1) is 13.3. The van der Waals surface area contributed by atoms with Gasteiger partial charge in [0, 0.05) is 36.2 Å². The maximum atomic E-state index is 13.2. The number of carbonyl (C=O) groups is 1. The van der Waals surface area contributed by atoms with Crippen LogP contribution >= 0.6 is 11.8 Å². The SMILES string of the molecule is O=C(C1CCN(c2ccc3nnnn3n2)CC1)N1CCSc2ccccc21. The van der Waals surface area contributed by atoms with Crippen LogP contribution in [0.1, 0.15) is 12.8 Å². The van der Waals surface area contributed by atoms with Gasteiger partial charge in [-0.15, -0.1) is 26.6 Å². The predicted octanol–water partition coefficient (Wildman–Crippen LogP) is 1.87. The van der Waals surface area contributed by atoms with Crippen molar-refractivity contribution in [3.63, 3.8) is 0 Å². The molecule has 0 atom stereocenters. The quantitative estimate of drug-likeness (QED) is 0.670. The van der Waals surface area contributed by atoms with Crippen molar-refractivity contribution >= 4 is 34.8 Å². The fourth-order valence-electron chi connectivity index (χ4n) is 3.78. The van der Waals surface area contributed by atoms with E-state index in [0.717, 1.165) is 49.7 Å². The van der Waals surface area contributed by atoms with Crippen LogP contribution in [0.15, 0.2) is 41.3 Å². The average molecular weight is 381 g/mol. The van der Waals surface area contributed by atoms with E-state index in [-0.39, 0.29) is 11.8 Å². The molecule has 2 aliphatic heterocycles. The predicted molar refractivity (Wildman–Crippen MR) is 103 cm³/mol. The smallest absolute Gasteiger partial charge is 0.230 e. The molecule has 1 aromatic carbocycles. The lowest BCUT2D eigenvalue weighted by atomic mass is 9.95. The third-order valence-corrected chi connectivity index (χ3v) is 6.26. The number of hydrogen-bond donors (Lipinski definition) is 0. The first-order valence-corrected chi connectivity index (χ1v) is 10.1. The number of nitrogens with zero attached hydrogens (tertiary/aromatic N) is 7. The normalized spacial score (nSPS) is 17.9. The molecule has 0 radical (unpaired) electrons. The third-order valence-electron chi connectivity index (χ3n) is 5.22. The van der Waals surface area contributed by atoms with Crippen LogP contribution in [0.25, 0.3) is 5.65 Å². The zero-order chi connectivity index (χ0) is 18.2. The summed E-state index contributed by atoms with van der Waals surface area (Å²) >= 11 is 1.83. The fraction of sp³-hybridized carbons (Fsp3) is 0.389. The minimum Gasteiger partial charge on any atom is -0.355 e. The van der Waals surface area contributed by atoms with Gasteiger partial charge in [-0.1, -0.05) is 12.1 Å². The third kappa shape index (κ3) is 3.01. The standard InChI is InChI=1S/C18H19N7OS/c26-18(24-11-12-27-15-4-2-1-3-14(15)24)13-7-9-23(10-8-13)17-6-5-16-19-21-22-25(16)20-17/h1-6,13H,7-12H2. The van der Waals surface area contributed by atoms with Gasteiger partial charge in [0.05, 0.1) is 5.69 Å². The molecule has 138 valence electrons. The summed E-state index contributed by atoms with van der Waals surface area (Å²) in [6.45, 7) is 2.40. The highest BCUT2D eigenvalue weighted by atomic mass is 32.2. The first kappa shape index (κ1) is 16.5. The Hall–Kier alpha value is -2.68. The van der Waals surface area contributed by atoms with Gasteiger partial charge in [-0.25, -0.2) is 0 Å². The number of rotatable bonds is 2. The van der Waals surface area contributed by atoms with Gasteiger partial charge in [0.25, 0.3) is 0 Å². The maximum Gasteiger partial charge on any atom is 0.230 e. The van der Waals surface area contributed by atoms with Gasteiger partial charge in [-0.05, 0) is 47.5 Å². The van der Waals surface area contributed by atoms with Gasteiger partial charge >= 0.3 is 0 Å². The van der Waals surface area contributed by atoms with Gasteiger partial charge in [0.1, 0.15) is 0 Å². The first-order valence-electron chi connectivity index (χ1n) is 9.13. The van der Waals surface area contributed by atoms with Crippen LogP contribution in [0.3, 0.4) is 0 Å². The Kier molecular flexibility index (Phi) is 4.16. The van der Waals surface area contributed by atoms with Crippen molar-refractivity contribution in [1.82, 2.24) is 25.3 Å². The molecule has 5 rings (SSSR count). The molecule has 3 aromatic rings. The molecular formula is C18H19N7OS. The second-order valence-electron chi connectivity index (χ2n) is 6.79. The molecule has 0 unspecified atom stereocenters. The molecule has 9 heteroatoms. The van der Waals surface area contributed by atoms with E-state index in [1.165, 1.54) is 9.53 Å². The number of benzene rings is 1. The number of tetrazole rings is 1. The molecule has 2 aliphatic rings. The van der Waals surface area contributed by atoms with Crippen molar-refractivity contribution in [2.45, 2.75) is 17.7 Å². The van der Waals surface area contributed by atoms with Crippen LogP contribution in [0.5, 0.6) is 0 Å². The Balaban J connectivity index is 1.28. The maximum absolute atomic E-state index is 13.2. The molecule has 2 aromatic heterocycles. The van der Waals surface area contributed by atoms with Crippen molar-refractivity contribution in [3.05, 3.63) is 36.4 Å². The number of aromatic nitrogens is 5. The second-order valence-corrected chi connectivity index (χ2v) is 7.92. The molecule has 1 amide bonds. The summed E-state index contributed by atoms with van der Waals surface area (Å²) in [6.07, 6.45) is 1.67. The summed E-state index contributed by atoms with van der Waals surface area (Å²) in [4.78, 5) is 18.5. The molecular weight excluding hydrogens is 362 g/mol. The van der Waals surface area contributed by atoms with Crippen molar-refractivity contribution in [2.24, 2.45) is 5.92 Å². The van der Waals surface area contributed by atoms with Crippen molar-refractivity contribution < 1.29 is 4.79 Å². The lowest BCUT2D eigenvalue weighted by Gasteiger charge is -2.36. The summed E-state index contributed by atoms with van der Waals surface area (Å²) in [6, 6.07) is 12.0. The minimum atomic E-state index is 0.0640. The number of thioether (sulfide) groups is 1. The summed E-state index contributed by atoms with van der Waals surface area (Å²) in [7, 11) is 0. The number of amides is 1. The fourth-order valence-corrected chi connectivity index (χ4v) is 4.78. The zero-order valence-electron chi connectivity index (χ0n) is 14.7. The zero-order valence-corrected chi connectivity index (χ0v) is 15.5. The summed E-state index contributed by atoms with van der Waals surface area (Å²) in [5.74, 6) is 2.12. The van der Waals surface area contributed by atoms with Gasteiger partial charge in [0.2, 0.25) is 5.91 Å². The van der Waals surface area contributed by atoms with E-state index >= 15 is 0 Å². The Labute approximate surface area is 160 Å². The molecule has 0 N–H and O–H groups in total. The highest BCUT2D eigenvalue weighted by Crippen LogP contribution is 2.36. The molecule has 0 aliphatic carbocycles. The van der Waals surface area contributed by atoms with Gasteiger partial charge in [-0.2, -0.15) is 0 Å². The van der Waals surface area contributed by atoms with Crippen LogP contribution in [0.4, 0.5) is 11.5 Å². The Morgan fingerprint density at radius 1 is 1.07 bits per heavy atom. The van der Waals surface area contributed by atoms with Gasteiger partial charge in [0.15, 0.2) is 11.5 Å². The number of para-hydroxylation sites is 1. The number of carbonyl (C=O) groups excluding carboxylic acids is 1. The molecule has 1 saturated heterocycles. The van der Waals surface area contributed by atoms with E-state index < -0.39 is 0 Å². The Bertz CT molecular complexity index is 983. The Morgan fingerprint density at radius 3 is 2.81 bits per heavy atom. The van der Waals surface area contributed by atoms with Crippen LogP contribution < -0.4 is 9.80 Å². The van der Waals surface area contributed by atoms with Gasteiger partial charge < -0.3 is 9.80 Å². The van der Waals surface area contributed by atoms with Crippen molar-refractivity contribution in [1.29, 1.82) is 0 Å². The van der Waals surface area contributed by atoms with E-state index in [4.69, 9.17) is 0 Å². The minimum absolute atomic E-state index is 0.0640. The van der Waals surface area contributed by atoms with E-state index in [1.807, 2.05) is 40.9 Å². The Morgan fingerprint density at radius 2 is 1.93 bits per heavy atom. The highest BCUT2D eigenvalue weighted by molar-refractivity contribution is 7.99. The lowest BCUT2D eigenvalue weighted by Crippen LogP contribution is -2.44. The van der Waals surface area contributed by atoms with Crippen LogP contribution in [0.2, 0.25) is 0 Å². The largest absolute Gasteiger partial charge is 0.355 e. The number of fused-ring (bicyclic) bond motifs is 2. The summed E-state index contributed by atoms with van der Waals surface area (Å²) in [5, 5.41) is 15.8. The van der Waals surface area contributed by atoms with Crippen molar-refractivity contribution in [3.8, 4) is 0 Å². The monoisotopic (exact) mass is 381 g/mol. The number of anilines is 2.